The first-order valence-electron chi connectivity index (χ1n) is 6.26. The number of urea groups is 1. The highest BCUT2D eigenvalue weighted by Crippen LogP contribution is 2.37. The van der Waals surface area contributed by atoms with E-state index in [0.29, 0.717) is 19.3 Å². The first kappa shape index (κ1) is 12.6. The van der Waals surface area contributed by atoms with Gasteiger partial charge in [-0.3, -0.25) is 0 Å². The van der Waals surface area contributed by atoms with Crippen LogP contribution in [-0.2, 0) is 9.47 Å². The van der Waals surface area contributed by atoms with Crippen molar-refractivity contribution >= 4 is 6.03 Å². The summed E-state index contributed by atoms with van der Waals surface area (Å²) in [7, 11) is 5.44. The Hall–Kier alpha value is -0.810. The molecule has 0 aromatic heterocycles. The van der Waals surface area contributed by atoms with Crippen LogP contribution in [0.25, 0.3) is 0 Å². The summed E-state index contributed by atoms with van der Waals surface area (Å²) in [5.41, 5.74) is 0. The summed E-state index contributed by atoms with van der Waals surface area (Å²) in [5.74, 6) is -0.335. The normalized spacial score (nSPS) is 23.9. The largest absolute Gasteiger partial charge is 0.348 e. The van der Waals surface area contributed by atoms with Gasteiger partial charge < -0.3 is 19.3 Å². The standard InChI is InChI=1S/C12H22N2O3/c1-13(2)11(15)14(3)10-4-6-12(7-5-10)16-8-9-17-12/h10H,4-9H2,1-3H3. The van der Waals surface area contributed by atoms with E-state index in [2.05, 4.69) is 0 Å². The minimum absolute atomic E-state index is 0.0687. The maximum Gasteiger partial charge on any atom is 0.319 e. The monoisotopic (exact) mass is 242 g/mol. The van der Waals surface area contributed by atoms with Crippen molar-refractivity contribution in [3.8, 4) is 0 Å². The van der Waals surface area contributed by atoms with Gasteiger partial charge in [-0.1, -0.05) is 0 Å². The molecule has 5 nitrogen and oxygen atoms in total. The van der Waals surface area contributed by atoms with Gasteiger partial charge >= 0.3 is 6.03 Å². The molecule has 2 rings (SSSR count). The third-order valence-electron chi connectivity index (χ3n) is 3.76. The van der Waals surface area contributed by atoms with Crippen molar-refractivity contribution < 1.29 is 14.3 Å². The van der Waals surface area contributed by atoms with Crippen LogP contribution in [0.3, 0.4) is 0 Å². The predicted octanol–water partition coefficient (Wildman–Crippen LogP) is 1.29. The molecule has 0 atom stereocenters. The number of carbonyl (C=O) groups excluding carboxylic acids is 1. The molecule has 5 heteroatoms. The number of hydrogen-bond donors (Lipinski definition) is 0. The van der Waals surface area contributed by atoms with Crippen LogP contribution in [-0.4, -0.2) is 62.0 Å². The zero-order valence-corrected chi connectivity index (χ0v) is 10.9. The molecule has 98 valence electrons. The molecule has 0 unspecified atom stereocenters. The second kappa shape index (κ2) is 4.82. The lowest BCUT2D eigenvalue weighted by molar-refractivity contribution is -0.182. The fraction of sp³-hybridized carbons (Fsp3) is 0.917. The Morgan fingerprint density at radius 3 is 2.12 bits per heavy atom. The van der Waals surface area contributed by atoms with E-state index >= 15 is 0 Å². The highest BCUT2D eigenvalue weighted by Gasteiger charge is 2.41. The molecule has 2 aliphatic rings. The van der Waals surface area contributed by atoms with Crippen LogP contribution in [0.2, 0.25) is 0 Å². The molecule has 0 N–H and O–H groups in total. The van der Waals surface area contributed by atoms with Gasteiger partial charge in [-0.15, -0.1) is 0 Å². The van der Waals surface area contributed by atoms with E-state index in [1.165, 1.54) is 0 Å². The Labute approximate surface area is 103 Å². The van der Waals surface area contributed by atoms with Gasteiger partial charge in [-0.2, -0.15) is 0 Å². The quantitative estimate of drug-likeness (QED) is 0.695. The van der Waals surface area contributed by atoms with Crippen LogP contribution >= 0.6 is 0 Å². The third-order valence-corrected chi connectivity index (χ3v) is 3.76. The molecule has 1 aliphatic carbocycles. The smallest absolute Gasteiger partial charge is 0.319 e. The van der Waals surface area contributed by atoms with Gasteiger partial charge in [0.1, 0.15) is 0 Å². The lowest BCUT2D eigenvalue weighted by Gasteiger charge is -2.39. The predicted molar refractivity (Wildman–Crippen MR) is 63.7 cm³/mol. The van der Waals surface area contributed by atoms with Gasteiger partial charge in [0.15, 0.2) is 5.79 Å². The van der Waals surface area contributed by atoms with E-state index in [1.807, 2.05) is 11.9 Å². The second-order valence-corrected chi connectivity index (χ2v) is 5.13. The summed E-state index contributed by atoms with van der Waals surface area (Å²) < 4.78 is 11.4. The van der Waals surface area contributed by atoms with Crippen molar-refractivity contribution in [1.29, 1.82) is 0 Å². The van der Waals surface area contributed by atoms with Gasteiger partial charge in [0.25, 0.3) is 0 Å². The van der Waals surface area contributed by atoms with Crippen molar-refractivity contribution in [2.75, 3.05) is 34.4 Å². The summed E-state index contributed by atoms with van der Waals surface area (Å²) in [4.78, 5) is 15.3. The highest BCUT2D eigenvalue weighted by molar-refractivity contribution is 5.73. The first-order valence-corrected chi connectivity index (χ1v) is 6.26. The SMILES string of the molecule is CN(C)C(=O)N(C)C1CCC2(CC1)OCCO2. The Kier molecular flexibility index (Phi) is 3.58. The molecular formula is C12H22N2O3. The Morgan fingerprint density at radius 2 is 1.65 bits per heavy atom. The van der Waals surface area contributed by atoms with Gasteiger partial charge in [0, 0.05) is 40.0 Å². The molecular weight excluding hydrogens is 220 g/mol. The van der Waals surface area contributed by atoms with Crippen LogP contribution in [0.4, 0.5) is 4.79 Å². The number of hydrogen-bond acceptors (Lipinski definition) is 3. The maximum absolute atomic E-state index is 11.8. The molecule has 1 saturated heterocycles. The van der Waals surface area contributed by atoms with E-state index in [9.17, 15) is 4.79 Å². The van der Waals surface area contributed by atoms with Crippen LogP contribution in [0.15, 0.2) is 0 Å². The average molecular weight is 242 g/mol. The fourth-order valence-electron chi connectivity index (χ4n) is 2.69. The van der Waals surface area contributed by atoms with Gasteiger partial charge in [0.2, 0.25) is 0 Å². The average Bonchev–Trinajstić information content (AvgIpc) is 2.76. The van der Waals surface area contributed by atoms with E-state index in [1.54, 1.807) is 19.0 Å². The summed E-state index contributed by atoms with van der Waals surface area (Å²) in [6.45, 7) is 1.41. The summed E-state index contributed by atoms with van der Waals surface area (Å²) >= 11 is 0. The van der Waals surface area contributed by atoms with Crippen LogP contribution < -0.4 is 0 Å². The highest BCUT2D eigenvalue weighted by atomic mass is 16.7. The summed E-state index contributed by atoms with van der Waals surface area (Å²) in [6, 6.07) is 0.377. The van der Waals surface area contributed by atoms with Crippen molar-refractivity contribution in [3.05, 3.63) is 0 Å². The Bertz CT molecular complexity index is 277. The van der Waals surface area contributed by atoms with Crippen LogP contribution in [0.5, 0.6) is 0 Å². The van der Waals surface area contributed by atoms with Gasteiger partial charge in [0.05, 0.1) is 13.2 Å². The molecule has 17 heavy (non-hydrogen) atoms. The van der Waals surface area contributed by atoms with E-state index < -0.39 is 0 Å². The number of ether oxygens (including phenoxy) is 2. The van der Waals surface area contributed by atoms with Crippen molar-refractivity contribution in [3.63, 3.8) is 0 Å². The number of nitrogens with zero attached hydrogens (tertiary/aromatic N) is 2. The molecule has 2 amide bonds. The van der Waals surface area contributed by atoms with E-state index in [0.717, 1.165) is 25.7 Å². The minimum atomic E-state index is -0.335. The molecule has 0 aromatic carbocycles. The molecule has 0 bridgehead atoms. The lowest BCUT2D eigenvalue weighted by atomic mass is 9.89. The Balaban J connectivity index is 1.88. The molecule has 0 aromatic rings. The minimum Gasteiger partial charge on any atom is -0.348 e. The molecule has 2 fully saturated rings. The molecule has 1 aliphatic heterocycles. The molecule has 0 radical (unpaired) electrons. The molecule has 1 heterocycles. The van der Waals surface area contributed by atoms with Crippen LogP contribution in [0, 0.1) is 0 Å². The topological polar surface area (TPSA) is 42.0 Å². The van der Waals surface area contributed by atoms with Crippen molar-refractivity contribution in [1.82, 2.24) is 9.80 Å². The van der Waals surface area contributed by atoms with E-state index in [-0.39, 0.29) is 11.8 Å². The van der Waals surface area contributed by atoms with Crippen LogP contribution in [0.1, 0.15) is 25.7 Å². The van der Waals surface area contributed by atoms with Gasteiger partial charge in [-0.25, -0.2) is 4.79 Å². The molecule has 1 saturated carbocycles. The van der Waals surface area contributed by atoms with Crippen molar-refractivity contribution in [2.24, 2.45) is 0 Å². The number of amides is 2. The number of rotatable bonds is 1. The Morgan fingerprint density at radius 1 is 1.12 bits per heavy atom. The lowest BCUT2D eigenvalue weighted by Crippen LogP contribution is -2.47. The van der Waals surface area contributed by atoms with E-state index in [4.69, 9.17) is 9.47 Å². The first-order chi connectivity index (χ1) is 8.04. The van der Waals surface area contributed by atoms with Crippen molar-refractivity contribution in [2.45, 2.75) is 37.5 Å². The zero-order chi connectivity index (χ0) is 12.5. The molecule has 1 spiro atoms. The number of carbonyl (C=O) groups is 1. The fourth-order valence-corrected chi connectivity index (χ4v) is 2.69. The summed E-state index contributed by atoms with van der Waals surface area (Å²) in [5, 5.41) is 0. The third kappa shape index (κ3) is 2.55. The summed E-state index contributed by atoms with van der Waals surface area (Å²) in [6.07, 6.45) is 3.69. The second-order valence-electron chi connectivity index (χ2n) is 5.13. The zero-order valence-electron chi connectivity index (χ0n) is 10.9. The maximum atomic E-state index is 11.8. The van der Waals surface area contributed by atoms with Gasteiger partial charge in [-0.05, 0) is 12.8 Å².